The van der Waals surface area contributed by atoms with Gasteiger partial charge in [-0.1, -0.05) is 30.3 Å². The number of aryl methyl sites for hydroxylation is 1. The smallest absolute Gasteiger partial charge is 0.272 e. The van der Waals surface area contributed by atoms with Crippen LogP contribution in [0, 0.1) is 6.92 Å². The van der Waals surface area contributed by atoms with Gasteiger partial charge in [-0.3, -0.25) is 4.79 Å². The molecule has 0 aliphatic heterocycles. The highest BCUT2D eigenvalue weighted by Crippen LogP contribution is 2.20. The average Bonchev–Trinajstić information content (AvgIpc) is 3.01. The molecule has 2 aromatic heterocycles. The summed E-state index contributed by atoms with van der Waals surface area (Å²) < 4.78 is 1.78. The van der Waals surface area contributed by atoms with Gasteiger partial charge in [0.05, 0.1) is 5.69 Å². The molecule has 3 rings (SSSR count). The first-order chi connectivity index (χ1) is 11.1. The molecule has 0 atom stereocenters. The number of carbonyl (C=O) groups excluding carboxylic acids is 1. The second-order valence-corrected chi connectivity index (χ2v) is 5.43. The number of rotatable bonds is 4. The van der Waals surface area contributed by atoms with Crippen molar-refractivity contribution >= 4 is 11.6 Å². The summed E-state index contributed by atoms with van der Waals surface area (Å²) in [6.07, 6.45) is 0. The summed E-state index contributed by atoms with van der Waals surface area (Å²) in [5.74, 6) is -0.0388. The lowest BCUT2D eigenvalue weighted by Gasteiger charge is -2.18. The SMILES string of the molecule is CCN(CC)C(=O)c1cc(C)n2nc(-c3ccccc3)cc2n1. The fourth-order valence-electron chi connectivity index (χ4n) is 2.66. The molecule has 2 heterocycles. The maximum absolute atomic E-state index is 12.5. The van der Waals surface area contributed by atoms with Crippen LogP contribution in [0.3, 0.4) is 0 Å². The molecule has 0 spiro atoms. The third-order valence-corrected chi connectivity index (χ3v) is 3.94. The van der Waals surface area contributed by atoms with Gasteiger partial charge in [-0.2, -0.15) is 5.10 Å². The van der Waals surface area contributed by atoms with Crippen molar-refractivity contribution in [2.75, 3.05) is 13.1 Å². The van der Waals surface area contributed by atoms with E-state index in [4.69, 9.17) is 0 Å². The highest BCUT2D eigenvalue weighted by molar-refractivity contribution is 5.93. The molecule has 1 aromatic carbocycles. The van der Waals surface area contributed by atoms with Gasteiger partial charge in [0.15, 0.2) is 5.65 Å². The minimum atomic E-state index is -0.0388. The van der Waals surface area contributed by atoms with Crippen LogP contribution in [-0.4, -0.2) is 38.5 Å². The van der Waals surface area contributed by atoms with Crippen LogP contribution in [0.2, 0.25) is 0 Å². The molecule has 0 saturated heterocycles. The predicted molar refractivity (Wildman–Crippen MR) is 90.4 cm³/mol. The molecule has 118 valence electrons. The number of amides is 1. The van der Waals surface area contributed by atoms with E-state index >= 15 is 0 Å². The van der Waals surface area contributed by atoms with Gasteiger partial charge in [0, 0.05) is 30.4 Å². The van der Waals surface area contributed by atoms with Gasteiger partial charge in [0.25, 0.3) is 5.91 Å². The van der Waals surface area contributed by atoms with E-state index in [1.807, 2.05) is 57.2 Å². The number of fused-ring (bicyclic) bond motifs is 1. The van der Waals surface area contributed by atoms with E-state index in [1.165, 1.54) is 0 Å². The number of hydrogen-bond acceptors (Lipinski definition) is 3. The summed E-state index contributed by atoms with van der Waals surface area (Å²) in [6, 6.07) is 13.7. The van der Waals surface area contributed by atoms with Crippen molar-refractivity contribution in [3.8, 4) is 11.3 Å². The lowest BCUT2D eigenvalue weighted by Crippen LogP contribution is -2.31. The predicted octanol–water partition coefficient (Wildman–Crippen LogP) is 3.19. The van der Waals surface area contributed by atoms with Crippen LogP contribution in [0.25, 0.3) is 16.9 Å². The highest BCUT2D eigenvalue weighted by atomic mass is 16.2. The Bertz CT molecular complexity index is 835. The average molecular weight is 308 g/mol. The summed E-state index contributed by atoms with van der Waals surface area (Å²) in [6.45, 7) is 7.24. The Hall–Kier alpha value is -2.69. The van der Waals surface area contributed by atoms with Gasteiger partial charge in [-0.05, 0) is 26.8 Å². The molecule has 1 amide bonds. The molecule has 0 aliphatic rings. The zero-order valence-electron chi connectivity index (χ0n) is 13.7. The fourth-order valence-corrected chi connectivity index (χ4v) is 2.66. The third-order valence-electron chi connectivity index (χ3n) is 3.94. The second kappa shape index (κ2) is 6.20. The quantitative estimate of drug-likeness (QED) is 0.744. The Labute approximate surface area is 135 Å². The molecule has 23 heavy (non-hydrogen) atoms. The van der Waals surface area contributed by atoms with Gasteiger partial charge in [0.2, 0.25) is 0 Å². The molecule has 5 heteroatoms. The van der Waals surface area contributed by atoms with E-state index in [2.05, 4.69) is 10.1 Å². The van der Waals surface area contributed by atoms with Crippen molar-refractivity contribution in [2.24, 2.45) is 0 Å². The fraction of sp³-hybridized carbons (Fsp3) is 0.278. The van der Waals surface area contributed by atoms with E-state index in [9.17, 15) is 4.79 Å². The van der Waals surface area contributed by atoms with Gasteiger partial charge in [-0.15, -0.1) is 0 Å². The molecule has 3 aromatic rings. The number of benzene rings is 1. The van der Waals surface area contributed by atoms with Crippen molar-refractivity contribution in [2.45, 2.75) is 20.8 Å². The first kappa shape index (κ1) is 15.2. The third kappa shape index (κ3) is 2.82. The van der Waals surface area contributed by atoms with Crippen molar-refractivity contribution in [3.05, 3.63) is 53.9 Å². The van der Waals surface area contributed by atoms with Gasteiger partial charge in [0.1, 0.15) is 5.69 Å². The van der Waals surface area contributed by atoms with E-state index in [1.54, 1.807) is 15.5 Å². The van der Waals surface area contributed by atoms with E-state index < -0.39 is 0 Å². The Kier molecular flexibility index (Phi) is 4.10. The van der Waals surface area contributed by atoms with Crippen molar-refractivity contribution < 1.29 is 4.79 Å². The van der Waals surface area contributed by atoms with Gasteiger partial charge >= 0.3 is 0 Å². The standard InChI is InChI=1S/C18H20N4O/c1-4-21(5-2)18(23)16-11-13(3)22-17(19-16)12-15(20-22)14-9-7-6-8-10-14/h6-12H,4-5H2,1-3H3. The first-order valence-electron chi connectivity index (χ1n) is 7.86. The lowest BCUT2D eigenvalue weighted by atomic mass is 10.2. The maximum Gasteiger partial charge on any atom is 0.272 e. The Balaban J connectivity index is 2.07. The lowest BCUT2D eigenvalue weighted by molar-refractivity contribution is 0.0767. The molecule has 0 bridgehead atoms. The normalized spacial score (nSPS) is 10.9. The largest absolute Gasteiger partial charge is 0.338 e. The highest BCUT2D eigenvalue weighted by Gasteiger charge is 2.17. The number of hydrogen-bond donors (Lipinski definition) is 0. The molecule has 0 unspecified atom stereocenters. The van der Waals surface area contributed by atoms with Crippen LogP contribution in [0.15, 0.2) is 42.5 Å². The molecule has 5 nitrogen and oxygen atoms in total. The minimum absolute atomic E-state index is 0.0388. The summed E-state index contributed by atoms with van der Waals surface area (Å²) in [5.41, 5.74) is 3.95. The number of carbonyl (C=O) groups is 1. The summed E-state index contributed by atoms with van der Waals surface area (Å²) in [5, 5.41) is 4.60. The summed E-state index contributed by atoms with van der Waals surface area (Å²) in [4.78, 5) is 18.8. The molecule has 0 saturated carbocycles. The Morgan fingerprint density at radius 3 is 2.48 bits per heavy atom. The van der Waals surface area contributed by atoms with Crippen LogP contribution >= 0.6 is 0 Å². The zero-order chi connectivity index (χ0) is 16.4. The molecular weight excluding hydrogens is 288 g/mol. The van der Waals surface area contributed by atoms with Crippen LogP contribution < -0.4 is 0 Å². The molecule has 0 radical (unpaired) electrons. The Morgan fingerprint density at radius 2 is 1.83 bits per heavy atom. The van der Waals surface area contributed by atoms with Crippen LogP contribution in [0.1, 0.15) is 30.0 Å². The second-order valence-electron chi connectivity index (χ2n) is 5.43. The van der Waals surface area contributed by atoms with Crippen molar-refractivity contribution in [3.63, 3.8) is 0 Å². The van der Waals surface area contributed by atoms with Crippen LogP contribution in [0.4, 0.5) is 0 Å². The topological polar surface area (TPSA) is 50.5 Å². The first-order valence-corrected chi connectivity index (χ1v) is 7.86. The van der Waals surface area contributed by atoms with Crippen molar-refractivity contribution in [1.29, 1.82) is 0 Å². The molecular formula is C18H20N4O. The van der Waals surface area contributed by atoms with E-state index in [0.717, 1.165) is 17.0 Å². The summed E-state index contributed by atoms with van der Waals surface area (Å²) >= 11 is 0. The number of nitrogens with zero attached hydrogens (tertiary/aromatic N) is 4. The molecule has 0 N–H and O–H groups in total. The molecule has 0 aliphatic carbocycles. The zero-order valence-corrected chi connectivity index (χ0v) is 13.7. The molecule has 0 fully saturated rings. The van der Waals surface area contributed by atoms with E-state index in [0.29, 0.717) is 24.4 Å². The maximum atomic E-state index is 12.5. The Morgan fingerprint density at radius 1 is 1.13 bits per heavy atom. The van der Waals surface area contributed by atoms with Gasteiger partial charge in [-0.25, -0.2) is 9.50 Å². The number of aromatic nitrogens is 3. The minimum Gasteiger partial charge on any atom is -0.338 e. The van der Waals surface area contributed by atoms with Crippen molar-refractivity contribution in [1.82, 2.24) is 19.5 Å². The summed E-state index contributed by atoms with van der Waals surface area (Å²) in [7, 11) is 0. The van der Waals surface area contributed by atoms with Crippen LogP contribution in [-0.2, 0) is 0 Å². The van der Waals surface area contributed by atoms with Gasteiger partial charge < -0.3 is 4.90 Å². The monoisotopic (exact) mass is 308 g/mol. The van der Waals surface area contributed by atoms with Crippen LogP contribution in [0.5, 0.6) is 0 Å². The van der Waals surface area contributed by atoms with E-state index in [-0.39, 0.29) is 5.91 Å².